The lowest BCUT2D eigenvalue weighted by atomic mass is 10.2. The molecule has 0 aliphatic rings. The molecule has 2 rings (SSSR count). The fraction of sp³-hybridized carbons (Fsp3) is 0.188. The van der Waals surface area contributed by atoms with Gasteiger partial charge >= 0.3 is 0 Å². The maximum Gasteiger partial charge on any atom is 0.234 e. The SMILES string of the molecule is CSc1cccc(NC(=O)CSCc2ccccc2F)c1. The fourth-order valence-corrected chi connectivity index (χ4v) is 3.04. The van der Waals surface area contributed by atoms with Gasteiger partial charge in [-0.3, -0.25) is 4.79 Å². The molecule has 1 amide bonds. The van der Waals surface area contributed by atoms with Gasteiger partial charge in [-0.1, -0.05) is 24.3 Å². The second kappa shape index (κ2) is 8.10. The molecular weight excluding hydrogens is 305 g/mol. The first-order valence-corrected chi connectivity index (χ1v) is 8.82. The van der Waals surface area contributed by atoms with Gasteiger partial charge in [-0.15, -0.1) is 23.5 Å². The summed E-state index contributed by atoms with van der Waals surface area (Å²) >= 11 is 3.03. The van der Waals surface area contributed by atoms with E-state index in [1.54, 1.807) is 30.0 Å². The summed E-state index contributed by atoms with van der Waals surface area (Å²) in [6.07, 6.45) is 1.99. The molecule has 0 spiro atoms. The number of carbonyl (C=O) groups excluding carboxylic acids is 1. The number of benzene rings is 2. The summed E-state index contributed by atoms with van der Waals surface area (Å²) in [5, 5.41) is 2.85. The molecule has 2 aromatic rings. The van der Waals surface area contributed by atoms with Crippen LogP contribution in [0.25, 0.3) is 0 Å². The maximum absolute atomic E-state index is 13.4. The van der Waals surface area contributed by atoms with Gasteiger partial charge in [-0.05, 0) is 36.1 Å². The van der Waals surface area contributed by atoms with Crippen molar-refractivity contribution in [2.24, 2.45) is 0 Å². The second-order valence-electron chi connectivity index (χ2n) is 4.36. The number of rotatable bonds is 6. The van der Waals surface area contributed by atoms with Crippen LogP contribution < -0.4 is 5.32 Å². The van der Waals surface area contributed by atoms with Crippen LogP contribution in [0.2, 0.25) is 0 Å². The fourth-order valence-electron chi connectivity index (χ4n) is 1.77. The van der Waals surface area contributed by atoms with Crippen molar-refractivity contribution >= 4 is 35.1 Å². The summed E-state index contributed by atoms with van der Waals surface area (Å²) in [5.74, 6) is 0.496. The van der Waals surface area contributed by atoms with Gasteiger partial charge in [0.15, 0.2) is 0 Å². The Hall–Kier alpha value is -1.46. The molecule has 0 atom stereocenters. The largest absolute Gasteiger partial charge is 0.325 e. The van der Waals surface area contributed by atoms with Crippen LogP contribution in [0, 0.1) is 5.82 Å². The Morgan fingerprint density at radius 2 is 2.00 bits per heavy atom. The topological polar surface area (TPSA) is 29.1 Å². The van der Waals surface area contributed by atoms with Gasteiger partial charge in [-0.2, -0.15) is 0 Å². The number of nitrogens with one attached hydrogen (secondary N) is 1. The third-order valence-electron chi connectivity index (χ3n) is 2.80. The van der Waals surface area contributed by atoms with Gasteiger partial charge < -0.3 is 5.32 Å². The molecule has 0 saturated carbocycles. The summed E-state index contributed by atoms with van der Waals surface area (Å²) in [5.41, 5.74) is 1.41. The van der Waals surface area contributed by atoms with Crippen molar-refractivity contribution in [1.29, 1.82) is 0 Å². The molecule has 1 N–H and O–H groups in total. The number of carbonyl (C=O) groups is 1. The molecule has 0 aliphatic carbocycles. The average molecular weight is 321 g/mol. The molecule has 0 heterocycles. The molecule has 0 saturated heterocycles. The van der Waals surface area contributed by atoms with Crippen LogP contribution >= 0.6 is 23.5 Å². The zero-order chi connectivity index (χ0) is 15.1. The molecule has 21 heavy (non-hydrogen) atoms. The van der Waals surface area contributed by atoms with Crippen molar-refractivity contribution < 1.29 is 9.18 Å². The highest BCUT2D eigenvalue weighted by molar-refractivity contribution is 7.99. The van der Waals surface area contributed by atoms with Crippen LogP contribution in [0.3, 0.4) is 0 Å². The maximum atomic E-state index is 13.4. The van der Waals surface area contributed by atoms with E-state index in [1.165, 1.54) is 17.8 Å². The van der Waals surface area contributed by atoms with Crippen molar-refractivity contribution in [2.45, 2.75) is 10.6 Å². The van der Waals surface area contributed by atoms with Gasteiger partial charge in [0.25, 0.3) is 0 Å². The quantitative estimate of drug-likeness (QED) is 0.799. The Bertz CT molecular complexity index is 619. The smallest absolute Gasteiger partial charge is 0.234 e. The van der Waals surface area contributed by atoms with Crippen LogP contribution in [-0.4, -0.2) is 17.9 Å². The van der Waals surface area contributed by atoms with Gasteiger partial charge in [0.1, 0.15) is 5.82 Å². The standard InChI is InChI=1S/C16H16FNOS2/c1-20-14-7-4-6-13(9-14)18-16(19)11-21-10-12-5-2-3-8-15(12)17/h2-9H,10-11H2,1H3,(H,18,19). The van der Waals surface area contributed by atoms with Crippen molar-refractivity contribution in [3.63, 3.8) is 0 Å². The highest BCUT2D eigenvalue weighted by Crippen LogP contribution is 2.20. The van der Waals surface area contributed by atoms with Gasteiger partial charge in [0, 0.05) is 16.3 Å². The van der Waals surface area contributed by atoms with E-state index in [9.17, 15) is 9.18 Å². The summed E-state index contributed by atoms with van der Waals surface area (Å²) in [6.45, 7) is 0. The first-order chi connectivity index (χ1) is 10.2. The van der Waals surface area contributed by atoms with E-state index in [-0.39, 0.29) is 11.7 Å². The Balaban J connectivity index is 1.81. The van der Waals surface area contributed by atoms with E-state index in [2.05, 4.69) is 5.32 Å². The predicted octanol–water partition coefficient (Wildman–Crippen LogP) is 4.42. The molecule has 0 aromatic heterocycles. The number of hydrogen-bond donors (Lipinski definition) is 1. The molecule has 0 radical (unpaired) electrons. The van der Waals surface area contributed by atoms with Crippen molar-refractivity contribution in [3.05, 3.63) is 59.9 Å². The minimum atomic E-state index is -0.224. The van der Waals surface area contributed by atoms with Gasteiger partial charge in [-0.25, -0.2) is 4.39 Å². The molecule has 2 nitrogen and oxygen atoms in total. The van der Waals surface area contributed by atoms with Gasteiger partial charge in [0.2, 0.25) is 5.91 Å². The molecular formula is C16H16FNOS2. The molecule has 0 fully saturated rings. The van der Waals surface area contributed by atoms with E-state index in [0.717, 1.165) is 10.6 Å². The minimum Gasteiger partial charge on any atom is -0.325 e. The minimum absolute atomic E-state index is 0.0745. The van der Waals surface area contributed by atoms with E-state index < -0.39 is 0 Å². The zero-order valence-corrected chi connectivity index (χ0v) is 13.3. The van der Waals surface area contributed by atoms with Crippen molar-refractivity contribution in [1.82, 2.24) is 0 Å². The van der Waals surface area contributed by atoms with Crippen LogP contribution in [0.5, 0.6) is 0 Å². The Labute approximate surface area is 132 Å². The lowest BCUT2D eigenvalue weighted by molar-refractivity contribution is -0.113. The number of anilines is 1. The lowest BCUT2D eigenvalue weighted by Gasteiger charge is -2.07. The monoisotopic (exact) mass is 321 g/mol. The molecule has 0 unspecified atom stereocenters. The first-order valence-electron chi connectivity index (χ1n) is 6.44. The van der Waals surface area contributed by atoms with Crippen LogP contribution in [0.4, 0.5) is 10.1 Å². The molecule has 5 heteroatoms. The third kappa shape index (κ3) is 5.10. The highest BCUT2D eigenvalue weighted by Gasteiger charge is 2.05. The normalized spacial score (nSPS) is 10.4. The molecule has 110 valence electrons. The first kappa shape index (κ1) is 15.9. The van der Waals surface area contributed by atoms with E-state index in [4.69, 9.17) is 0 Å². The van der Waals surface area contributed by atoms with Crippen molar-refractivity contribution in [3.8, 4) is 0 Å². The van der Waals surface area contributed by atoms with E-state index in [0.29, 0.717) is 17.1 Å². The zero-order valence-electron chi connectivity index (χ0n) is 11.6. The summed E-state index contributed by atoms with van der Waals surface area (Å²) in [6, 6.07) is 14.3. The number of amides is 1. The van der Waals surface area contributed by atoms with Gasteiger partial charge in [0.05, 0.1) is 5.75 Å². The number of hydrogen-bond acceptors (Lipinski definition) is 3. The average Bonchev–Trinajstić information content (AvgIpc) is 2.49. The Morgan fingerprint density at radius 3 is 2.76 bits per heavy atom. The highest BCUT2D eigenvalue weighted by atomic mass is 32.2. The third-order valence-corrected chi connectivity index (χ3v) is 4.51. The molecule has 0 bridgehead atoms. The van der Waals surface area contributed by atoms with Crippen LogP contribution in [-0.2, 0) is 10.5 Å². The lowest BCUT2D eigenvalue weighted by Crippen LogP contribution is -2.14. The second-order valence-corrected chi connectivity index (χ2v) is 6.23. The summed E-state index contributed by atoms with van der Waals surface area (Å²) < 4.78 is 13.4. The molecule has 2 aromatic carbocycles. The van der Waals surface area contributed by atoms with E-state index in [1.807, 2.05) is 30.5 Å². The molecule has 0 aliphatic heterocycles. The Morgan fingerprint density at radius 1 is 1.19 bits per heavy atom. The number of halogens is 1. The predicted molar refractivity (Wildman–Crippen MR) is 89.4 cm³/mol. The van der Waals surface area contributed by atoms with Crippen LogP contribution in [0.15, 0.2) is 53.4 Å². The van der Waals surface area contributed by atoms with E-state index >= 15 is 0 Å². The summed E-state index contributed by atoms with van der Waals surface area (Å²) in [7, 11) is 0. The van der Waals surface area contributed by atoms with Crippen LogP contribution in [0.1, 0.15) is 5.56 Å². The number of thioether (sulfide) groups is 2. The Kier molecular flexibility index (Phi) is 6.14. The van der Waals surface area contributed by atoms with Crippen molar-refractivity contribution in [2.75, 3.05) is 17.3 Å². The summed E-state index contributed by atoms with van der Waals surface area (Å²) in [4.78, 5) is 13.0.